The molecule has 1 atom stereocenters. The van der Waals surface area contributed by atoms with Gasteiger partial charge < -0.3 is 24.6 Å². The third-order valence-electron chi connectivity index (χ3n) is 7.43. The summed E-state index contributed by atoms with van der Waals surface area (Å²) in [6, 6.07) is 11.8. The van der Waals surface area contributed by atoms with Crippen LogP contribution in [0.15, 0.2) is 42.6 Å². The molecule has 1 fully saturated rings. The Balaban J connectivity index is 1.43. The predicted molar refractivity (Wildman–Crippen MR) is 153 cm³/mol. The summed E-state index contributed by atoms with van der Waals surface area (Å²) in [5, 5.41) is 3.63. The Labute approximate surface area is 233 Å². The van der Waals surface area contributed by atoms with Crippen molar-refractivity contribution in [3.05, 3.63) is 48.3 Å². The number of likely N-dealkylation sites (tertiary alicyclic amines) is 1. The van der Waals surface area contributed by atoms with Crippen LogP contribution in [0.1, 0.15) is 63.4 Å². The lowest BCUT2D eigenvalue weighted by Crippen LogP contribution is -2.43. The van der Waals surface area contributed by atoms with E-state index >= 15 is 0 Å². The molecular weight excluding hydrogens is 492 g/mol. The number of nitrogens with zero attached hydrogens (tertiary/aromatic N) is 3. The molecule has 0 spiro atoms. The first-order valence-electron chi connectivity index (χ1n) is 14.3. The van der Waals surface area contributed by atoms with Crippen molar-refractivity contribution in [1.29, 1.82) is 0 Å². The number of hydrogen-bond donors (Lipinski definition) is 1. The highest BCUT2D eigenvalue weighted by atomic mass is 16.6. The van der Waals surface area contributed by atoms with Crippen LogP contribution >= 0.6 is 0 Å². The summed E-state index contributed by atoms with van der Waals surface area (Å²) in [5.41, 5.74) is 1.86. The Morgan fingerprint density at radius 1 is 1.13 bits per heavy atom. The number of hydrogen-bond acceptors (Lipinski definition) is 6. The summed E-state index contributed by atoms with van der Waals surface area (Å²) in [6.45, 7) is 10.2. The average Bonchev–Trinajstić information content (AvgIpc) is 2.91. The van der Waals surface area contributed by atoms with Crippen molar-refractivity contribution in [3.63, 3.8) is 0 Å². The minimum absolute atomic E-state index is 0.0768. The monoisotopic (exact) mass is 536 g/mol. The molecule has 8 nitrogen and oxygen atoms in total. The van der Waals surface area contributed by atoms with Crippen LogP contribution in [0.5, 0.6) is 5.75 Å². The molecule has 212 valence electrons. The summed E-state index contributed by atoms with van der Waals surface area (Å²) in [4.78, 5) is 34.0. The smallest absolute Gasteiger partial charge is 0.410 e. The number of pyridine rings is 1. The van der Waals surface area contributed by atoms with Gasteiger partial charge in [-0.05, 0) is 102 Å². The first kappa shape index (κ1) is 28.9. The zero-order valence-electron chi connectivity index (χ0n) is 23.9. The summed E-state index contributed by atoms with van der Waals surface area (Å²) in [7, 11) is 1.87. The number of carbonyl (C=O) groups is 2. The van der Waals surface area contributed by atoms with Crippen LogP contribution in [0.25, 0.3) is 11.1 Å². The zero-order valence-corrected chi connectivity index (χ0v) is 23.9. The molecule has 3 heterocycles. The van der Waals surface area contributed by atoms with Crippen LogP contribution in [0, 0.1) is 11.8 Å². The summed E-state index contributed by atoms with van der Waals surface area (Å²) < 4.78 is 11.7. The highest BCUT2D eigenvalue weighted by Gasteiger charge is 2.29. The fourth-order valence-corrected chi connectivity index (χ4v) is 5.42. The molecule has 2 amide bonds. The van der Waals surface area contributed by atoms with Crippen molar-refractivity contribution < 1.29 is 19.1 Å². The summed E-state index contributed by atoms with van der Waals surface area (Å²) >= 11 is 0. The minimum Gasteiger partial charge on any atom is -0.493 e. The van der Waals surface area contributed by atoms with Crippen LogP contribution in [0.2, 0.25) is 0 Å². The molecule has 1 N–H and O–H groups in total. The SMILES string of the molecule is CN1CC(CC2CCN(C(=O)OC(C)(C)C)CC2)CNCCCCOc2ccccc2-c2ccnc(c2)C1=O. The number of ether oxygens (including phenoxy) is 2. The van der Waals surface area contributed by atoms with Gasteiger partial charge in [-0.1, -0.05) is 18.2 Å². The highest BCUT2D eigenvalue weighted by molar-refractivity contribution is 5.93. The van der Waals surface area contributed by atoms with Crippen LogP contribution in [0.3, 0.4) is 0 Å². The fourth-order valence-electron chi connectivity index (χ4n) is 5.42. The van der Waals surface area contributed by atoms with Crippen molar-refractivity contribution >= 4 is 12.0 Å². The second-order valence-electron chi connectivity index (χ2n) is 11.9. The van der Waals surface area contributed by atoms with E-state index in [1.165, 1.54) is 0 Å². The first-order chi connectivity index (χ1) is 18.7. The number of nitrogens with one attached hydrogen (secondary N) is 1. The molecule has 1 aromatic heterocycles. The Morgan fingerprint density at radius 3 is 2.67 bits per heavy atom. The van der Waals surface area contributed by atoms with Crippen LogP contribution in [-0.4, -0.2) is 78.8 Å². The molecular formula is C31H44N4O4. The van der Waals surface area contributed by atoms with Crippen molar-refractivity contribution in [2.24, 2.45) is 11.8 Å². The lowest BCUT2D eigenvalue weighted by atomic mass is 9.86. The first-order valence-corrected chi connectivity index (χ1v) is 14.3. The number of para-hydroxylation sites is 1. The largest absolute Gasteiger partial charge is 0.493 e. The normalized spacial score (nSPS) is 20.2. The molecule has 1 aromatic carbocycles. The van der Waals surface area contributed by atoms with Crippen molar-refractivity contribution in [1.82, 2.24) is 20.1 Å². The molecule has 8 heteroatoms. The quantitative estimate of drug-likeness (QED) is 0.566. The fraction of sp³-hybridized carbons (Fsp3) is 0.581. The Bertz CT molecular complexity index is 1110. The second-order valence-corrected chi connectivity index (χ2v) is 11.9. The molecule has 2 bridgehead atoms. The van der Waals surface area contributed by atoms with Gasteiger partial charge in [0.25, 0.3) is 5.91 Å². The minimum atomic E-state index is -0.482. The van der Waals surface area contributed by atoms with Gasteiger partial charge in [0.15, 0.2) is 0 Å². The van der Waals surface area contributed by atoms with Gasteiger partial charge in [-0.2, -0.15) is 0 Å². The maximum absolute atomic E-state index is 13.4. The topological polar surface area (TPSA) is 84.0 Å². The lowest BCUT2D eigenvalue weighted by Gasteiger charge is -2.35. The van der Waals surface area contributed by atoms with Crippen LogP contribution < -0.4 is 10.1 Å². The maximum atomic E-state index is 13.4. The highest BCUT2D eigenvalue weighted by Crippen LogP contribution is 2.31. The van der Waals surface area contributed by atoms with E-state index < -0.39 is 5.60 Å². The van der Waals surface area contributed by atoms with Gasteiger partial charge in [0.05, 0.1) is 6.61 Å². The van der Waals surface area contributed by atoms with Gasteiger partial charge in [-0.25, -0.2) is 4.79 Å². The van der Waals surface area contributed by atoms with Gasteiger partial charge in [-0.15, -0.1) is 0 Å². The molecule has 1 saturated heterocycles. The number of benzene rings is 1. The van der Waals surface area contributed by atoms with E-state index in [1.54, 1.807) is 6.20 Å². The zero-order chi connectivity index (χ0) is 27.8. The molecule has 0 saturated carbocycles. The van der Waals surface area contributed by atoms with Crippen LogP contribution in [-0.2, 0) is 4.74 Å². The standard InChI is InChI=1S/C31H44N4O4/c1-31(2,3)39-30(37)35-16-12-23(13-17-35)19-24-21-32-14-7-8-18-38-28-10-6-5-9-26(28)25-11-15-33-27(20-25)29(36)34(4)22-24/h5-6,9-11,15,20,23-24,32H,7-8,12-14,16-19,21-22H2,1-4H3. The second kappa shape index (κ2) is 13.3. The maximum Gasteiger partial charge on any atom is 0.410 e. The van der Waals surface area contributed by atoms with Crippen LogP contribution in [0.4, 0.5) is 4.79 Å². The molecule has 1 unspecified atom stereocenters. The van der Waals surface area contributed by atoms with E-state index in [1.807, 2.05) is 74.0 Å². The van der Waals surface area contributed by atoms with E-state index in [9.17, 15) is 9.59 Å². The lowest BCUT2D eigenvalue weighted by molar-refractivity contribution is 0.0172. The molecule has 2 aliphatic heterocycles. The molecule has 4 rings (SSSR count). The van der Waals surface area contributed by atoms with Gasteiger partial charge in [0.2, 0.25) is 0 Å². The van der Waals surface area contributed by atoms with E-state index in [4.69, 9.17) is 9.47 Å². The molecule has 0 aliphatic carbocycles. The Kier molecular flexibility index (Phi) is 9.83. The van der Waals surface area contributed by atoms with E-state index in [-0.39, 0.29) is 12.0 Å². The predicted octanol–water partition coefficient (Wildman–Crippen LogP) is 5.24. The third-order valence-corrected chi connectivity index (χ3v) is 7.43. The van der Waals surface area contributed by atoms with Crippen molar-refractivity contribution in [2.45, 2.75) is 58.5 Å². The number of fused-ring (bicyclic) bond motifs is 4. The van der Waals surface area contributed by atoms with Gasteiger partial charge in [0, 0.05) is 38.4 Å². The van der Waals surface area contributed by atoms with Crippen molar-refractivity contribution in [2.75, 3.05) is 46.4 Å². The molecule has 2 aromatic rings. The van der Waals surface area contributed by atoms with E-state index in [2.05, 4.69) is 10.3 Å². The number of aromatic nitrogens is 1. The third kappa shape index (κ3) is 8.43. The molecule has 0 radical (unpaired) electrons. The van der Waals surface area contributed by atoms with Crippen molar-refractivity contribution in [3.8, 4) is 16.9 Å². The number of amides is 2. The number of piperidine rings is 1. The number of rotatable bonds is 2. The van der Waals surface area contributed by atoms with E-state index in [0.717, 1.165) is 62.1 Å². The molecule has 2 aliphatic rings. The summed E-state index contributed by atoms with van der Waals surface area (Å²) in [6.07, 6.45) is 6.39. The molecule has 39 heavy (non-hydrogen) atoms. The van der Waals surface area contributed by atoms with Gasteiger partial charge in [-0.3, -0.25) is 9.78 Å². The van der Waals surface area contributed by atoms with Gasteiger partial charge in [0.1, 0.15) is 17.0 Å². The number of carbonyl (C=O) groups excluding carboxylic acids is 2. The Morgan fingerprint density at radius 2 is 1.90 bits per heavy atom. The average molecular weight is 537 g/mol. The van der Waals surface area contributed by atoms with Gasteiger partial charge >= 0.3 is 6.09 Å². The summed E-state index contributed by atoms with van der Waals surface area (Å²) in [5.74, 6) is 1.57. The Hall–Kier alpha value is -3.13. The van der Waals surface area contributed by atoms with E-state index in [0.29, 0.717) is 43.8 Å².